The normalized spacial score (nSPS) is 14.9. The molecule has 4 aromatic rings. The van der Waals surface area contributed by atoms with E-state index in [4.69, 9.17) is 9.47 Å². The molecule has 1 fully saturated rings. The number of imidazole rings is 1. The minimum atomic E-state index is -0.223. The van der Waals surface area contributed by atoms with Gasteiger partial charge in [0.05, 0.1) is 24.2 Å². The van der Waals surface area contributed by atoms with Crippen LogP contribution in [-0.2, 0) is 9.47 Å². The smallest absolute Gasteiger partial charge is 0.184 e. The summed E-state index contributed by atoms with van der Waals surface area (Å²) in [6.07, 6.45) is -0.223. The molecule has 0 aliphatic carbocycles. The first-order valence-electron chi connectivity index (χ1n) is 8.75. The number of rotatable bonds is 3. The van der Waals surface area contributed by atoms with Gasteiger partial charge in [-0.2, -0.15) is 0 Å². The van der Waals surface area contributed by atoms with Crippen molar-refractivity contribution in [1.29, 1.82) is 0 Å². The number of benzene rings is 3. The number of nitrogens with zero attached hydrogens (tertiary/aromatic N) is 1. The number of nitrogens with one attached hydrogen (secondary N) is 1. The molecule has 4 heteroatoms. The van der Waals surface area contributed by atoms with Gasteiger partial charge >= 0.3 is 0 Å². The standard InChI is InChI=1S/C22H18N2O2/c1-2-4-20-19(3-1)23-21(24-20)17-9-5-15(6-10-17)16-7-11-18(12-8-16)22-25-13-14-26-22/h1-12,22H,13-14H2,(H,23,24). The van der Waals surface area contributed by atoms with Crippen LogP contribution in [0.1, 0.15) is 11.9 Å². The lowest BCUT2D eigenvalue weighted by Gasteiger charge is -2.10. The molecule has 128 valence electrons. The lowest BCUT2D eigenvalue weighted by molar-refractivity contribution is -0.0441. The highest BCUT2D eigenvalue weighted by atomic mass is 16.7. The Kier molecular flexibility index (Phi) is 3.77. The molecule has 1 N–H and O–H groups in total. The number of fused-ring (bicyclic) bond motifs is 1. The van der Waals surface area contributed by atoms with Crippen molar-refractivity contribution in [2.75, 3.05) is 13.2 Å². The summed E-state index contributed by atoms with van der Waals surface area (Å²) in [6, 6.07) is 24.9. The summed E-state index contributed by atoms with van der Waals surface area (Å²) in [5.41, 5.74) is 6.52. The highest BCUT2D eigenvalue weighted by Crippen LogP contribution is 2.28. The van der Waals surface area contributed by atoms with Crippen LogP contribution in [0.3, 0.4) is 0 Å². The largest absolute Gasteiger partial charge is 0.346 e. The summed E-state index contributed by atoms with van der Waals surface area (Å²) >= 11 is 0. The van der Waals surface area contributed by atoms with E-state index < -0.39 is 0 Å². The van der Waals surface area contributed by atoms with Crippen LogP contribution in [-0.4, -0.2) is 23.2 Å². The molecule has 1 aliphatic rings. The van der Waals surface area contributed by atoms with Gasteiger partial charge in [-0.3, -0.25) is 0 Å². The van der Waals surface area contributed by atoms with Crippen molar-refractivity contribution in [2.24, 2.45) is 0 Å². The van der Waals surface area contributed by atoms with E-state index in [1.165, 1.54) is 11.1 Å². The maximum Gasteiger partial charge on any atom is 0.184 e. The van der Waals surface area contributed by atoms with Gasteiger partial charge in [-0.25, -0.2) is 4.98 Å². The second kappa shape index (κ2) is 6.41. The number of H-pyrrole nitrogens is 1. The molecule has 0 atom stereocenters. The van der Waals surface area contributed by atoms with Gasteiger partial charge in [0.1, 0.15) is 5.82 Å². The third kappa shape index (κ3) is 2.79. The second-order valence-corrected chi connectivity index (χ2v) is 6.38. The van der Waals surface area contributed by atoms with Crippen molar-refractivity contribution in [1.82, 2.24) is 9.97 Å². The van der Waals surface area contributed by atoms with E-state index in [2.05, 4.69) is 58.5 Å². The number of aromatic amines is 1. The van der Waals surface area contributed by atoms with Gasteiger partial charge in [-0.1, -0.05) is 60.7 Å². The van der Waals surface area contributed by atoms with Crippen molar-refractivity contribution >= 4 is 11.0 Å². The van der Waals surface area contributed by atoms with Crippen LogP contribution in [0.2, 0.25) is 0 Å². The minimum absolute atomic E-state index is 0.223. The fourth-order valence-corrected chi connectivity index (χ4v) is 3.29. The Morgan fingerprint density at radius 3 is 2.04 bits per heavy atom. The van der Waals surface area contributed by atoms with Crippen LogP contribution >= 0.6 is 0 Å². The van der Waals surface area contributed by atoms with E-state index in [-0.39, 0.29) is 6.29 Å². The van der Waals surface area contributed by atoms with Crippen LogP contribution in [0, 0.1) is 0 Å². The van der Waals surface area contributed by atoms with E-state index in [9.17, 15) is 0 Å². The van der Waals surface area contributed by atoms with Gasteiger partial charge in [0.15, 0.2) is 6.29 Å². The van der Waals surface area contributed by atoms with Crippen molar-refractivity contribution in [3.8, 4) is 22.5 Å². The molecule has 26 heavy (non-hydrogen) atoms. The van der Waals surface area contributed by atoms with E-state index in [0.717, 1.165) is 28.0 Å². The number of hydrogen-bond acceptors (Lipinski definition) is 3. The number of ether oxygens (including phenoxy) is 2. The van der Waals surface area contributed by atoms with E-state index >= 15 is 0 Å². The second-order valence-electron chi connectivity index (χ2n) is 6.38. The highest BCUT2D eigenvalue weighted by Gasteiger charge is 2.17. The third-order valence-electron chi connectivity index (χ3n) is 4.69. The molecular formula is C22H18N2O2. The van der Waals surface area contributed by atoms with Crippen molar-refractivity contribution < 1.29 is 9.47 Å². The predicted octanol–water partition coefficient (Wildman–Crippen LogP) is 4.94. The monoisotopic (exact) mass is 342 g/mol. The zero-order valence-corrected chi connectivity index (χ0v) is 14.2. The summed E-state index contributed by atoms with van der Waals surface area (Å²) in [5.74, 6) is 0.892. The zero-order valence-electron chi connectivity index (χ0n) is 14.2. The fourth-order valence-electron chi connectivity index (χ4n) is 3.29. The third-order valence-corrected chi connectivity index (χ3v) is 4.69. The Morgan fingerprint density at radius 2 is 1.35 bits per heavy atom. The Morgan fingerprint density at radius 1 is 0.731 bits per heavy atom. The predicted molar refractivity (Wildman–Crippen MR) is 102 cm³/mol. The molecule has 0 radical (unpaired) electrons. The van der Waals surface area contributed by atoms with E-state index in [1.54, 1.807) is 0 Å². The minimum Gasteiger partial charge on any atom is -0.346 e. The molecule has 0 saturated carbocycles. The van der Waals surface area contributed by atoms with Gasteiger partial charge in [0.25, 0.3) is 0 Å². The molecule has 3 aromatic carbocycles. The number of hydrogen-bond donors (Lipinski definition) is 1. The lowest BCUT2D eigenvalue weighted by Crippen LogP contribution is -1.97. The van der Waals surface area contributed by atoms with Gasteiger partial charge in [-0.05, 0) is 23.3 Å². The van der Waals surface area contributed by atoms with Crippen molar-refractivity contribution in [3.63, 3.8) is 0 Å². The molecule has 0 unspecified atom stereocenters. The first-order valence-corrected chi connectivity index (χ1v) is 8.75. The zero-order chi connectivity index (χ0) is 17.3. The number of aromatic nitrogens is 2. The first-order chi connectivity index (χ1) is 12.9. The van der Waals surface area contributed by atoms with E-state index in [1.807, 2.05) is 24.3 Å². The first kappa shape index (κ1) is 15.3. The summed E-state index contributed by atoms with van der Waals surface area (Å²) in [7, 11) is 0. The van der Waals surface area contributed by atoms with Gasteiger partial charge in [-0.15, -0.1) is 0 Å². The molecule has 4 nitrogen and oxygen atoms in total. The Hall–Kier alpha value is -2.95. The molecule has 1 saturated heterocycles. The molecule has 2 heterocycles. The van der Waals surface area contributed by atoms with Gasteiger partial charge in [0.2, 0.25) is 0 Å². The molecule has 0 amide bonds. The SMILES string of the molecule is c1ccc2[nH]c(-c3ccc(-c4ccc(C5OCCO5)cc4)cc3)nc2c1. The topological polar surface area (TPSA) is 47.1 Å². The van der Waals surface area contributed by atoms with Crippen molar-refractivity contribution in [2.45, 2.75) is 6.29 Å². The fraction of sp³-hybridized carbons (Fsp3) is 0.136. The number of para-hydroxylation sites is 2. The van der Waals surface area contributed by atoms with E-state index in [0.29, 0.717) is 13.2 Å². The van der Waals surface area contributed by atoms with Crippen LogP contribution < -0.4 is 0 Å². The summed E-state index contributed by atoms with van der Waals surface area (Å²) in [6.45, 7) is 1.32. The quantitative estimate of drug-likeness (QED) is 0.573. The summed E-state index contributed by atoms with van der Waals surface area (Å²) in [4.78, 5) is 8.03. The molecule has 0 bridgehead atoms. The molecule has 1 aromatic heterocycles. The molecular weight excluding hydrogens is 324 g/mol. The molecule has 1 aliphatic heterocycles. The molecule has 0 spiro atoms. The molecule has 5 rings (SSSR count). The lowest BCUT2D eigenvalue weighted by atomic mass is 10.0. The maximum atomic E-state index is 5.54. The van der Waals surface area contributed by atoms with Crippen LogP contribution in [0.5, 0.6) is 0 Å². The Bertz CT molecular complexity index is 997. The summed E-state index contributed by atoms with van der Waals surface area (Å²) in [5, 5.41) is 0. The van der Waals surface area contributed by atoms with Crippen LogP contribution in [0.15, 0.2) is 72.8 Å². The highest BCUT2D eigenvalue weighted by molar-refractivity contribution is 5.79. The average Bonchev–Trinajstić information content (AvgIpc) is 3.38. The maximum absolute atomic E-state index is 5.54. The van der Waals surface area contributed by atoms with Crippen molar-refractivity contribution in [3.05, 3.63) is 78.4 Å². The summed E-state index contributed by atoms with van der Waals surface area (Å²) < 4.78 is 11.1. The average molecular weight is 342 g/mol. The Labute approximate surface area is 151 Å². The van der Waals surface area contributed by atoms with Crippen LogP contribution in [0.25, 0.3) is 33.5 Å². The Balaban J connectivity index is 1.40. The van der Waals surface area contributed by atoms with Gasteiger partial charge < -0.3 is 14.5 Å². The van der Waals surface area contributed by atoms with Crippen LogP contribution in [0.4, 0.5) is 0 Å². The van der Waals surface area contributed by atoms with Gasteiger partial charge in [0, 0.05) is 11.1 Å².